The summed E-state index contributed by atoms with van der Waals surface area (Å²) < 4.78 is 6.18. The van der Waals surface area contributed by atoms with Gasteiger partial charge in [-0.2, -0.15) is 0 Å². The lowest BCUT2D eigenvalue weighted by Gasteiger charge is -2.24. The Morgan fingerprint density at radius 1 is 1.06 bits per heavy atom. The van der Waals surface area contributed by atoms with Crippen molar-refractivity contribution in [3.8, 4) is 5.75 Å². The van der Waals surface area contributed by atoms with Crippen LogP contribution in [0.25, 0.3) is 0 Å². The highest BCUT2D eigenvalue weighted by molar-refractivity contribution is 5.41. The van der Waals surface area contributed by atoms with Crippen molar-refractivity contribution in [2.75, 3.05) is 0 Å². The summed E-state index contributed by atoms with van der Waals surface area (Å²) in [5.74, 6) is 1.11. The van der Waals surface area contributed by atoms with Gasteiger partial charge < -0.3 is 4.74 Å². The van der Waals surface area contributed by atoms with Crippen LogP contribution in [0.2, 0.25) is 0 Å². The van der Waals surface area contributed by atoms with Gasteiger partial charge in [0.05, 0.1) is 6.10 Å². The average Bonchev–Trinajstić information content (AvgIpc) is 2.34. The molecule has 1 saturated carbocycles. The van der Waals surface area contributed by atoms with Crippen molar-refractivity contribution in [2.45, 2.75) is 65.4 Å². The first-order valence-electron chi connectivity index (χ1n) is 6.97. The number of hydrogen-bond donors (Lipinski definition) is 0. The van der Waals surface area contributed by atoms with E-state index in [9.17, 15) is 0 Å². The number of hydrogen-bond acceptors (Lipinski definition) is 1. The Morgan fingerprint density at radius 2 is 1.76 bits per heavy atom. The molecule has 0 saturated heterocycles. The third kappa shape index (κ3) is 3.02. The number of aryl methyl sites for hydroxylation is 3. The highest BCUT2D eigenvalue weighted by atomic mass is 16.5. The zero-order chi connectivity index (χ0) is 12.3. The first kappa shape index (κ1) is 12.5. The smallest absolute Gasteiger partial charge is 0.122 e. The normalized spacial score (nSPS) is 17.1. The van der Waals surface area contributed by atoms with E-state index >= 15 is 0 Å². The second kappa shape index (κ2) is 5.57. The minimum atomic E-state index is 0.454. The Kier molecular flexibility index (Phi) is 4.09. The molecule has 1 aliphatic rings. The Balaban J connectivity index is 2.13. The molecule has 0 aromatic heterocycles. The average molecular weight is 232 g/mol. The van der Waals surface area contributed by atoms with Gasteiger partial charge in [0.25, 0.3) is 0 Å². The van der Waals surface area contributed by atoms with E-state index in [1.807, 2.05) is 0 Å². The molecule has 0 heterocycles. The van der Waals surface area contributed by atoms with Crippen LogP contribution in [0.4, 0.5) is 0 Å². The van der Waals surface area contributed by atoms with Crippen LogP contribution in [0.1, 0.15) is 55.7 Å². The molecule has 0 bridgehead atoms. The van der Waals surface area contributed by atoms with Crippen molar-refractivity contribution in [1.29, 1.82) is 0 Å². The van der Waals surface area contributed by atoms with Crippen LogP contribution in [-0.4, -0.2) is 6.10 Å². The van der Waals surface area contributed by atoms with Crippen molar-refractivity contribution >= 4 is 0 Å². The fraction of sp³-hybridized carbons (Fsp3) is 0.625. The maximum Gasteiger partial charge on any atom is 0.122 e. The molecule has 0 unspecified atom stereocenters. The van der Waals surface area contributed by atoms with E-state index in [1.165, 1.54) is 48.8 Å². The van der Waals surface area contributed by atoms with Gasteiger partial charge in [-0.25, -0.2) is 0 Å². The van der Waals surface area contributed by atoms with Crippen LogP contribution in [-0.2, 0) is 6.42 Å². The molecule has 2 rings (SSSR count). The fourth-order valence-corrected chi connectivity index (χ4v) is 2.74. The van der Waals surface area contributed by atoms with Crippen molar-refractivity contribution in [3.63, 3.8) is 0 Å². The SMILES string of the molecule is CCc1cc(OC2CCCCC2)c(C)cc1C. The highest BCUT2D eigenvalue weighted by Gasteiger charge is 2.16. The first-order valence-corrected chi connectivity index (χ1v) is 6.97. The quantitative estimate of drug-likeness (QED) is 0.741. The molecular weight excluding hydrogens is 208 g/mol. The molecule has 1 aromatic carbocycles. The Labute approximate surface area is 105 Å². The molecule has 0 spiro atoms. The Morgan fingerprint density at radius 3 is 2.41 bits per heavy atom. The molecule has 17 heavy (non-hydrogen) atoms. The molecule has 0 amide bonds. The van der Waals surface area contributed by atoms with Gasteiger partial charge in [0.15, 0.2) is 0 Å². The second-order valence-electron chi connectivity index (χ2n) is 5.28. The molecule has 1 aliphatic carbocycles. The molecule has 0 atom stereocenters. The number of rotatable bonds is 3. The van der Waals surface area contributed by atoms with Crippen LogP contribution < -0.4 is 4.74 Å². The summed E-state index contributed by atoms with van der Waals surface area (Å²) >= 11 is 0. The van der Waals surface area contributed by atoms with E-state index < -0.39 is 0 Å². The van der Waals surface area contributed by atoms with Crippen molar-refractivity contribution < 1.29 is 4.74 Å². The summed E-state index contributed by atoms with van der Waals surface area (Å²) in [5, 5.41) is 0. The predicted molar refractivity (Wildman–Crippen MR) is 72.8 cm³/mol. The van der Waals surface area contributed by atoms with Crippen molar-refractivity contribution in [2.24, 2.45) is 0 Å². The third-order valence-corrected chi connectivity index (χ3v) is 3.86. The summed E-state index contributed by atoms with van der Waals surface area (Å²) in [6.45, 7) is 6.56. The molecule has 1 heteroatoms. The van der Waals surface area contributed by atoms with Crippen molar-refractivity contribution in [3.05, 3.63) is 28.8 Å². The minimum absolute atomic E-state index is 0.454. The van der Waals surface area contributed by atoms with Crippen LogP contribution in [0.5, 0.6) is 5.75 Å². The molecule has 1 aromatic rings. The van der Waals surface area contributed by atoms with Gasteiger partial charge in [0.2, 0.25) is 0 Å². The van der Waals surface area contributed by atoms with Crippen LogP contribution >= 0.6 is 0 Å². The summed E-state index contributed by atoms with van der Waals surface area (Å²) in [6.07, 6.45) is 8.05. The monoisotopic (exact) mass is 232 g/mol. The summed E-state index contributed by atoms with van der Waals surface area (Å²) in [4.78, 5) is 0. The van der Waals surface area contributed by atoms with Gasteiger partial charge in [0, 0.05) is 0 Å². The third-order valence-electron chi connectivity index (χ3n) is 3.86. The van der Waals surface area contributed by atoms with Crippen molar-refractivity contribution in [1.82, 2.24) is 0 Å². The summed E-state index contributed by atoms with van der Waals surface area (Å²) in [5.41, 5.74) is 4.09. The van der Waals surface area contributed by atoms with Crippen LogP contribution in [0, 0.1) is 13.8 Å². The van der Waals surface area contributed by atoms with E-state index in [2.05, 4.69) is 32.9 Å². The van der Waals surface area contributed by atoms with Gasteiger partial charge in [-0.05, 0) is 68.7 Å². The standard InChI is InChI=1S/C16H24O/c1-4-14-11-16(13(3)10-12(14)2)17-15-8-6-5-7-9-15/h10-11,15H,4-9H2,1-3H3. The van der Waals surface area contributed by atoms with E-state index in [0.717, 1.165) is 12.2 Å². The van der Waals surface area contributed by atoms with Gasteiger partial charge >= 0.3 is 0 Å². The lowest BCUT2D eigenvalue weighted by Crippen LogP contribution is -2.20. The van der Waals surface area contributed by atoms with Gasteiger partial charge in [-0.3, -0.25) is 0 Å². The fourth-order valence-electron chi connectivity index (χ4n) is 2.74. The maximum atomic E-state index is 6.18. The number of benzene rings is 1. The summed E-state index contributed by atoms with van der Waals surface area (Å²) in [6, 6.07) is 4.51. The molecule has 0 aliphatic heterocycles. The molecule has 0 N–H and O–H groups in total. The molecular formula is C16H24O. The minimum Gasteiger partial charge on any atom is -0.490 e. The maximum absolute atomic E-state index is 6.18. The summed E-state index contributed by atoms with van der Waals surface area (Å²) in [7, 11) is 0. The predicted octanol–water partition coefficient (Wildman–Crippen LogP) is 4.58. The zero-order valence-electron chi connectivity index (χ0n) is 11.4. The van der Waals surface area contributed by atoms with E-state index in [-0.39, 0.29) is 0 Å². The van der Waals surface area contributed by atoms with Gasteiger partial charge in [0.1, 0.15) is 5.75 Å². The molecule has 1 fully saturated rings. The first-order chi connectivity index (χ1) is 8.20. The zero-order valence-corrected chi connectivity index (χ0v) is 11.4. The van der Waals surface area contributed by atoms with Crippen LogP contribution in [0.3, 0.4) is 0 Å². The largest absolute Gasteiger partial charge is 0.490 e. The highest BCUT2D eigenvalue weighted by Crippen LogP contribution is 2.28. The second-order valence-corrected chi connectivity index (χ2v) is 5.28. The Bertz CT molecular complexity index is 375. The van der Waals surface area contributed by atoms with Gasteiger partial charge in [-0.1, -0.05) is 19.4 Å². The van der Waals surface area contributed by atoms with Gasteiger partial charge in [-0.15, -0.1) is 0 Å². The lowest BCUT2D eigenvalue weighted by molar-refractivity contribution is 0.154. The Hall–Kier alpha value is -0.980. The molecule has 1 nitrogen and oxygen atoms in total. The number of ether oxygens (including phenoxy) is 1. The molecule has 0 radical (unpaired) electrons. The van der Waals surface area contributed by atoms with E-state index in [1.54, 1.807) is 0 Å². The lowest BCUT2D eigenvalue weighted by atomic mass is 9.97. The molecule has 94 valence electrons. The van der Waals surface area contributed by atoms with E-state index in [4.69, 9.17) is 4.74 Å². The van der Waals surface area contributed by atoms with Crippen LogP contribution in [0.15, 0.2) is 12.1 Å². The topological polar surface area (TPSA) is 9.23 Å². The van der Waals surface area contributed by atoms with E-state index in [0.29, 0.717) is 6.10 Å².